The van der Waals surface area contributed by atoms with E-state index >= 15 is 0 Å². The lowest BCUT2D eigenvalue weighted by Gasteiger charge is -2.43. The van der Waals surface area contributed by atoms with Crippen molar-refractivity contribution in [2.24, 2.45) is 4.99 Å². The van der Waals surface area contributed by atoms with Gasteiger partial charge in [0, 0.05) is 22.2 Å². The van der Waals surface area contributed by atoms with Crippen molar-refractivity contribution in [2.75, 3.05) is 0 Å². The highest BCUT2D eigenvalue weighted by atomic mass is 79.9. The molecule has 0 N–H and O–H groups in total. The van der Waals surface area contributed by atoms with Crippen LogP contribution in [0.2, 0.25) is 10.0 Å². The predicted molar refractivity (Wildman–Crippen MR) is 146 cm³/mol. The van der Waals surface area contributed by atoms with E-state index in [-0.39, 0.29) is 22.4 Å². The van der Waals surface area contributed by atoms with Gasteiger partial charge in [-0.25, -0.2) is 4.99 Å². The minimum absolute atomic E-state index is 0. The van der Waals surface area contributed by atoms with Crippen molar-refractivity contribution in [3.05, 3.63) is 109 Å². The molecule has 0 atom stereocenters. The fourth-order valence-electron chi connectivity index (χ4n) is 4.41. The monoisotopic (exact) mass is 558 g/mol. The minimum Gasteiger partial charge on any atom is -0.289 e. The number of aromatic nitrogens is 1. The van der Waals surface area contributed by atoms with Crippen LogP contribution in [-0.2, 0) is 5.41 Å². The summed E-state index contributed by atoms with van der Waals surface area (Å²) in [5, 5.41) is 3.47. The molecular formula is C27H25BrCl2N2S. The highest BCUT2D eigenvalue weighted by Crippen LogP contribution is 2.50. The molecule has 5 rings (SSSR count). The van der Waals surface area contributed by atoms with Gasteiger partial charge in [-0.05, 0) is 68.7 Å². The fourth-order valence-corrected chi connectivity index (χ4v) is 5.72. The molecule has 1 saturated carbocycles. The highest BCUT2D eigenvalue weighted by Gasteiger charge is 2.43. The summed E-state index contributed by atoms with van der Waals surface area (Å²) < 4.78 is 2.33. The van der Waals surface area contributed by atoms with Gasteiger partial charge in [-0.2, -0.15) is 0 Å². The van der Waals surface area contributed by atoms with Gasteiger partial charge in [-0.1, -0.05) is 71.1 Å². The Bertz CT molecular complexity index is 1330. The van der Waals surface area contributed by atoms with E-state index in [0.717, 1.165) is 29.0 Å². The first kappa shape index (κ1) is 24.3. The Morgan fingerprint density at radius 3 is 2.06 bits per heavy atom. The molecule has 0 unspecified atom stereocenters. The average molecular weight is 560 g/mol. The Balaban J connectivity index is 0.00000259. The number of rotatable bonds is 4. The number of nitrogens with zero attached hydrogens (tertiary/aromatic N) is 2. The lowest BCUT2D eigenvalue weighted by atomic mass is 9.62. The molecule has 0 amide bonds. The number of halogens is 3. The van der Waals surface area contributed by atoms with Crippen LogP contribution in [0.25, 0.3) is 5.69 Å². The van der Waals surface area contributed by atoms with Crippen LogP contribution in [0.15, 0.2) is 77.1 Å². The van der Waals surface area contributed by atoms with Gasteiger partial charge in [0.25, 0.3) is 0 Å². The standard InChI is InChI=1S/C27H24Cl2N2S.BrH/c1-18-4-9-21(10-5-18)30-26-31(22-11-6-19(2)7-12-22)25(17-32-26)27(14-3-15-27)20-8-13-23(28)24(29)16-20;/h4-13,16-17H,3,14-15H2,1-2H3;1H. The maximum Gasteiger partial charge on any atom is 0.194 e. The van der Waals surface area contributed by atoms with E-state index in [4.69, 9.17) is 28.2 Å². The van der Waals surface area contributed by atoms with E-state index in [1.165, 1.54) is 28.8 Å². The summed E-state index contributed by atoms with van der Waals surface area (Å²) in [5.74, 6) is 0. The number of hydrogen-bond acceptors (Lipinski definition) is 2. The predicted octanol–water partition coefficient (Wildman–Crippen LogP) is 8.74. The van der Waals surface area contributed by atoms with Crippen molar-refractivity contribution in [3.8, 4) is 5.69 Å². The van der Waals surface area contributed by atoms with Crippen LogP contribution in [0.5, 0.6) is 0 Å². The molecule has 3 aromatic carbocycles. The third-order valence-electron chi connectivity index (χ3n) is 6.43. The van der Waals surface area contributed by atoms with Crippen molar-refractivity contribution >= 4 is 57.2 Å². The SMILES string of the molecule is Br.Cc1ccc(N=c2scc(C3(c4ccc(Cl)c(Cl)c4)CCC3)n2-c2ccc(C)cc2)cc1. The molecule has 6 heteroatoms. The quantitative estimate of drug-likeness (QED) is 0.238. The maximum absolute atomic E-state index is 6.43. The van der Waals surface area contributed by atoms with E-state index in [1.54, 1.807) is 11.3 Å². The van der Waals surface area contributed by atoms with Crippen molar-refractivity contribution in [3.63, 3.8) is 0 Å². The van der Waals surface area contributed by atoms with Crippen molar-refractivity contribution in [1.29, 1.82) is 0 Å². The second-order valence-corrected chi connectivity index (χ2v) is 10.2. The molecule has 0 spiro atoms. The van der Waals surface area contributed by atoms with Gasteiger partial charge in [0.2, 0.25) is 0 Å². The van der Waals surface area contributed by atoms with E-state index in [1.807, 2.05) is 12.1 Å². The topological polar surface area (TPSA) is 17.3 Å². The van der Waals surface area contributed by atoms with Crippen LogP contribution >= 0.6 is 51.5 Å². The second kappa shape index (κ2) is 9.79. The van der Waals surface area contributed by atoms with E-state index in [9.17, 15) is 0 Å². The van der Waals surface area contributed by atoms with Gasteiger partial charge >= 0.3 is 0 Å². The van der Waals surface area contributed by atoms with Crippen molar-refractivity contribution < 1.29 is 0 Å². The summed E-state index contributed by atoms with van der Waals surface area (Å²) in [5.41, 5.74) is 6.96. The Labute approximate surface area is 219 Å². The van der Waals surface area contributed by atoms with Gasteiger partial charge in [0.05, 0.1) is 15.7 Å². The summed E-state index contributed by atoms with van der Waals surface area (Å²) in [4.78, 5) is 6.00. The normalized spacial score (nSPS) is 15.1. The Morgan fingerprint density at radius 1 is 0.848 bits per heavy atom. The Hall–Kier alpha value is -1.85. The largest absolute Gasteiger partial charge is 0.289 e. The lowest BCUT2D eigenvalue weighted by molar-refractivity contribution is 0.289. The summed E-state index contributed by atoms with van der Waals surface area (Å²) in [6.45, 7) is 4.21. The zero-order chi connectivity index (χ0) is 22.3. The molecule has 33 heavy (non-hydrogen) atoms. The van der Waals surface area contributed by atoms with Crippen LogP contribution in [0.4, 0.5) is 5.69 Å². The summed E-state index contributed by atoms with van der Waals surface area (Å²) in [7, 11) is 0. The first-order valence-corrected chi connectivity index (χ1v) is 12.4. The molecule has 170 valence electrons. The fraction of sp³-hybridized carbons (Fsp3) is 0.222. The molecule has 1 aliphatic rings. The van der Waals surface area contributed by atoms with E-state index < -0.39 is 0 Å². The van der Waals surface area contributed by atoms with E-state index in [2.05, 4.69) is 78.4 Å². The first-order chi connectivity index (χ1) is 15.5. The molecule has 1 heterocycles. The van der Waals surface area contributed by atoms with Crippen molar-refractivity contribution in [2.45, 2.75) is 38.5 Å². The third kappa shape index (κ3) is 4.59. The zero-order valence-corrected chi connectivity index (χ0v) is 22.6. The molecule has 0 bridgehead atoms. The highest BCUT2D eigenvalue weighted by molar-refractivity contribution is 8.93. The van der Waals surface area contributed by atoms with Crippen LogP contribution in [0, 0.1) is 13.8 Å². The molecule has 4 aromatic rings. The Morgan fingerprint density at radius 2 is 1.48 bits per heavy atom. The summed E-state index contributed by atoms with van der Waals surface area (Å²) in [6.07, 6.45) is 3.35. The third-order valence-corrected chi connectivity index (χ3v) is 7.99. The van der Waals surface area contributed by atoms with Gasteiger partial charge in [0.15, 0.2) is 4.80 Å². The van der Waals surface area contributed by atoms with Gasteiger partial charge < -0.3 is 0 Å². The maximum atomic E-state index is 6.43. The first-order valence-electron chi connectivity index (χ1n) is 10.8. The lowest BCUT2D eigenvalue weighted by Crippen LogP contribution is -2.38. The van der Waals surface area contributed by atoms with Crippen molar-refractivity contribution in [1.82, 2.24) is 4.57 Å². The molecule has 1 fully saturated rings. The molecule has 2 nitrogen and oxygen atoms in total. The molecule has 0 saturated heterocycles. The number of benzene rings is 3. The minimum atomic E-state index is -0.0866. The van der Waals surface area contributed by atoms with Gasteiger partial charge in [0.1, 0.15) is 0 Å². The smallest absolute Gasteiger partial charge is 0.194 e. The molecule has 0 radical (unpaired) electrons. The van der Waals surface area contributed by atoms with E-state index in [0.29, 0.717) is 10.0 Å². The molecule has 1 aliphatic carbocycles. The van der Waals surface area contributed by atoms with Crippen LogP contribution < -0.4 is 4.80 Å². The van der Waals surface area contributed by atoms with Crippen LogP contribution in [0.1, 0.15) is 41.6 Å². The van der Waals surface area contributed by atoms with Gasteiger partial charge in [-0.3, -0.25) is 4.57 Å². The number of thiazole rings is 1. The summed E-state index contributed by atoms with van der Waals surface area (Å²) in [6, 6.07) is 23.1. The number of aryl methyl sites for hydroxylation is 2. The second-order valence-electron chi connectivity index (χ2n) is 8.59. The zero-order valence-electron chi connectivity index (χ0n) is 18.5. The number of hydrogen-bond donors (Lipinski definition) is 0. The van der Waals surface area contributed by atoms with Crippen LogP contribution in [-0.4, -0.2) is 4.57 Å². The Kier molecular flexibility index (Phi) is 7.20. The average Bonchev–Trinajstić information content (AvgIpc) is 3.16. The van der Waals surface area contributed by atoms with Crippen LogP contribution in [0.3, 0.4) is 0 Å². The van der Waals surface area contributed by atoms with Gasteiger partial charge in [-0.15, -0.1) is 28.3 Å². The summed E-state index contributed by atoms with van der Waals surface area (Å²) >= 11 is 14.4. The molecular weight excluding hydrogens is 535 g/mol. The molecule has 1 aromatic heterocycles. The molecule has 0 aliphatic heterocycles.